The lowest BCUT2D eigenvalue weighted by Crippen LogP contribution is -2.26. The highest BCUT2D eigenvalue weighted by Gasteiger charge is 2.14. The van der Waals surface area contributed by atoms with Gasteiger partial charge in [0.05, 0.1) is 6.20 Å². The van der Waals surface area contributed by atoms with Crippen molar-refractivity contribution in [2.75, 3.05) is 25.0 Å². The second-order valence-corrected chi connectivity index (χ2v) is 6.56. The smallest absolute Gasteiger partial charge is 0.249 e. The van der Waals surface area contributed by atoms with Crippen molar-refractivity contribution >= 4 is 32.4 Å². The molecule has 0 aliphatic carbocycles. The first-order chi connectivity index (χ1) is 8.30. The maximum absolute atomic E-state index is 11.1. The fourth-order valence-corrected chi connectivity index (χ4v) is 2.76. The molecular weight excluding hydrogens is 276 g/mol. The van der Waals surface area contributed by atoms with Gasteiger partial charge in [-0.1, -0.05) is 11.3 Å². The van der Waals surface area contributed by atoms with Crippen LogP contribution in [-0.2, 0) is 14.8 Å². The van der Waals surface area contributed by atoms with Crippen LogP contribution in [0.5, 0.6) is 0 Å². The van der Waals surface area contributed by atoms with E-state index in [9.17, 15) is 13.2 Å². The monoisotopic (exact) mass is 292 g/mol. The minimum Gasteiger partial charge on any atom is -0.356 e. The molecule has 18 heavy (non-hydrogen) atoms. The minimum absolute atomic E-state index is 0.0474. The van der Waals surface area contributed by atoms with E-state index in [1.807, 2.05) is 4.90 Å². The molecule has 0 aliphatic heterocycles. The van der Waals surface area contributed by atoms with Crippen molar-refractivity contribution in [1.82, 2.24) is 10.3 Å². The number of thiazole rings is 1. The van der Waals surface area contributed by atoms with E-state index in [2.05, 4.69) is 10.3 Å². The highest BCUT2D eigenvalue weighted by Crippen LogP contribution is 2.24. The number of carbonyl (C=O) groups is 1. The van der Waals surface area contributed by atoms with Gasteiger partial charge >= 0.3 is 0 Å². The summed E-state index contributed by atoms with van der Waals surface area (Å²) in [6, 6.07) is 0. The Bertz CT molecular complexity index is 512. The summed E-state index contributed by atoms with van der Waals surface area (Å²) in [5, 5.41) is 8.27. The molecule has 1 rings (SSSR count). The molecule has 1 heterocycles. The summed E-state index contributed by atoms with van der Waals surface area (Å²) in [5.41, 5.74) is 0. The second-order valence-electron chi connectivity index (χ2n) is 3.76. The van der Waals surface area contributed by atoms with E-state index in [1.54, 1.807) is 7.05 Å². The van der Waals surface area contributed by atoms with Crippen LogP contribution in [0.3, 0.4) is 0 Å². The van der Waals surface area contributed by atoms with Gasteiger partial charge in [0.15, 0.2) is 9.34 Å². The third-order valence-electron chi connectivity index (χ3n) is 2.12. The van der Waals surface area contributed by atoms with Crippen molar-refractivity contribution in [2.45, 2.75) is 17.6 Å². The van der Waals surface area contributed by atoms with Crippen molar-refractivity contribution in [2.24, 2.45) is 5.14 Å². The van der Waals surface area contributed by atoms with Gasteiger partial charge in [0.1, 0.15) is 0 Å². The highest BCUT2D eigenvalue weighted by atomic mass is 32.2. The van der Waals surface area contributed by atoms with Gasteiger partial charge < -0.3 is 10.2 Å². The Kier molecular flexibility index (Phi) is 5.05. The van der Waals surface area contributed by atoms with E-state index in [0.29, 0.717) is 18.2 Å². The fourth-order valence-electron chi connectivity index (χ4n) is 1.23. The summed E-state index contributed by atoms with van der Waals surface area (Å²) < 4.78 is 22.2. The molecule has 0 aliphatic rings. The minimum atomic E-state index is -3.68. The highest BCUT2D eigenvalue weighted by molar-refractivity contribution is 7.91. The number of aromatic nitrogens is 1. The number of hydrogen-bond donors (Lipinski definition) is 2. The summed E-state index contributed by atoms with van der Waals surface area (Å²) >= 11 is 1.03. The van der Waals surface area contributed by atoms with Gasteiger partial charge in [-0.3, -0.25) is 4.79 Å². The first kappa shape index (κ1) is 14.9. The predicted molar refractivity (Wildman–Crippen MR) is 70.1 cm³/mol. The number of rotatable bonds is 6. The number of carbonyl (C=O) groups excluding carboxylic acids is 1. The zero-order valence-electron chi connectivity index (χ0n) is 10.2. The zero-order chi connectivity index (χ0) is 13.8. The van der Waals surface area contributed by atoms with Gasteiger partial charge in [0, 0.05) is 27.1 Å². The lowest BCUT2D eigenvalue weighted by molar-refractivity contribution is -0.118. The quantitative estimate of drug-likeness (QED) is 0.704. The molecule has 0 radical (unpaired) electrons. The average Bonchev–Trinajstić information content (AvgIpc) is 2.72. The number of primary sulfonamides is 1. The number of nitrogens with zero attached hydrogens (tertiary/aromatic N) is 2. The first-order valence-electron chi connectivity index (χ1n) is 5.25. The molecular formula is C9H16N4O3S2. The van der Waals surface area contributed by atoms with Gasteiger partial charge in [-0.2, -0.15) is 0 Å². The van der Waals surface area contributed by atoms with Gasteiger partial charge in [-0.05, 0) is 6.42 Å². The maximum Gasteiger partial charge on any atom is 0.249 e. The summed E-state index contributed by atoms with van der Waals surface area (Å²) in [6.45, 7) is 2.70. The summed E-state index contributed by atoms with van der Waals surface area (Å²) in [5.74, 6) is -0.0663. The Hall–Kier alpha value is -1.19. The zero-order valence-corrected chi connectivity index (χ0v) is 11.8. The molecule has 0 bridgehead atoms. The van der Waals surface area contributed by atoms with Gasteiger partial charge in [-0.25, -0.2) is 18.5 Å². The van der Waals surface area contributed by atoms with Crippen LogP contribution in [0.1, 0.15) is 13.3 Å². The summed E-state index contributed by atoms with van der Waals surface area (Å²) in [7, 11) is -1.87. The second kappa shape index (κ2) is 6.12. The van der Waals surface area contributed by atoms with E-state index in [-0.39, 0.29) is 10.1 Å². The van der Waals surface area contributed by atoms with Crippen LogP contribution < -0.4 is 15.4 Å². The summed E-state index contributed by atoms with van der Waals surface area (Å²) in [6.07, 6.45) is 2.00. The van der Waals surface area contributed by atoms with Crippen LogP contribution >= 0.6 is 11.3 Å². The maximum atomic E-state index is 11.1. The molecule has 3 N–H and O–H groups in total. The normalized spacial score (nSPS) is 11.3. The van der Waals surface area contributed by atoms with Crippen molar-refractivity contribution < 1.29 is 13.2 Å². The Balaban J connectivity index is 2.49. The first-order valence-corrected chi connectivity index (χ1v) is 7.61. The predicted octanol–water partition coefficient (Wildman–Crippen LogP) is -0.247. The molecule has 0 aromatic carbocycles. The SMILES string of the molecule is CC(=O)NCCCN(C)c1ncc(S(N)(=O)=O)s1. The molecule has 0 spiro atoms. The molecule has 0 atom stereocenters. The van der Waals surface area contributed by atoms with Gasteiger partial charge in [0.2, 0.25) is 15.9 Å². The third kappa shape index (κ3) is 4.59. The molecule has 1 amide bonds. The Morgan fingerprint density at radius 3 is 2.78 bits per heavy atom. The molecule has 7 nitrogen and oxygen atoms in total. The Morgan fingerprint density at radius 1 is 1.61 bits per heavy atom. The van der Waals surface area contributed by atoms with E-state index in [4.69, 9.17) is 5.14 Å². The van der Waals surface area contributed by atoms with Crippen LogP contribution in [0.25, 0.3) is 0 Å². The lowest BCUT2D eigenvalue weighted by Gasteiger charge is -2.15. The molecule has 0 unspecified atom stereocenters. The molecule has 0 saturated carbocycles. The van der Waals surface area contributed by atoms with Crippen LogP contribution in [0.2, 0.25) is 0 Å². The number of sulfonamides is 1. The Morgan fingerprint density at radius 2 is 2.28 bits per heavy atom. The van der Waals surface area contributed by atoms with Crippen LogP contribution in [-0.4, -0.2) is 39.4 Å². The molecule has 0 saturated heterocycles. The van der Waals surface area contributed by atoms with E-state index < -0.39 is 10.0 Å². The molecule has 9 heteroatoms. The average molecular weight is 292 g/mol. The van der Waals surface area contributed by atoms with Crippen molar-refractivity contribution in [3.63, 3.8) is 0 Å². The Labute approximate surface area is 110 Å². The van der Waals surface area contributed by atoms with Gasteiger partial charge in [-0.15, -0.1) is 0 Å². The van der Waals surface area contributed by atoms with Crippen molar-refractivity contribution in [3.8, 4) is 0 Å². The van der Waals surface area contributed by atoms with Gasteiger partial charge in [0.25, 0.3) is 0 Å². The molecule has 102 valence electrons. The van der Waals surface area contributed by atoms with E-state index in [0.717, 1.165) is 17.8 Å². The standard InChI is InChI=1S/C9H16N4O3S2/c1-7(14)11-4-3-5-13(2)9-12-6-8(17-9)18(10,15)16/h6H,3-5H2,1-2H3,(H,11,14)(H2,10,15,16). The van der Waals surface area contributed by atoms with Crippen LogP contribution in [0, 0.1) is 0 Å². The number of amides is 1. The number of nitrogens with one attached hydrogen (secondary N) is 1. The topological polar surface area (TPSA) is 105 Å². The summed E-state index contributed by atoms with van der Waals surface area (Å²) in [4.78, 5) is 16.5. The van der Waals surface area contributed by atoms with Crippen LogP contribution in [0.4, 0.5) is 5.13 Å². The van der Waals surface area contributed by atoms with Crippen molar-refractivity contribution in [3.05, 3.63) is 6.20 Å². The molecule has 1 aromatic heterocycles. The number of hydrogen-bond acceptors (Lipinski definition) is 6. The lowest BCUT2D eigenvalue weighted by atomic mass is 10.4. The number of nitrogens with two attached hydrogens (primary N) is 1. The molecule has 1 aromatic rings. The van der Waals surface area contributed by atoms with E-state index in [1.165, 1.54) is 13.1 Å². The largest absolute Gasteiger partial charge is 0.356 e. The van der Waals surface area contributed by atoms with E-state index >= 15 is 0 Å². The van der Waals surface area contributed by atoms with Crippen LogP contribution in [0.15, 0.2) is 10.4 Å². The number of anilines is 1. The molecule has 0 fully saturated rings. The third-order valence-corrected chi connectivity index (χ3v) is 4.64. The fraction of sp³-hybridized carbons (Fsp3) is 0.556. The van der Waals surface area contributed by atoms with Crippen molar-refractivity contribution in [1.29, 1.82) is 0 Å².